The monoisotopic (exact) mass is 360 g/mol. The van der Waals surface area contributed by atoms with Gasteiger partial charge in [0, 0.05) is 5.02 Å². The molecule has 1 fully saturated rings. The van der Waals surface area contributed by atoms with Crippen LogP contribution < -0.4 is 0 Å². The summed E-state index contributed by atoms with van der Waals surface area (Å²) in [5.74, 6) is -1.98. The van der Waals surface area contributed by atoms with Gasteiger partial charge in [0.25, 0.3) is 0 Å². The average Bonchev–Trinajstić information content (AvgIpc) is 2.56. The number of aliphatic hydroxyl groups excluding tert-OH is 4. The van der Waals surface area contributed by atoms with E-state index in [1.165, 1.54) is 6.08 Å². The number of hydrogen-bond donors (Lipinski definition) is 5. The fourth-order valence-electron chi connectivity index (χ4n) is 2.15. The molecule has 1 aromatic carbocycles. The van der Waals surface area contributed by atoms with Crippen molar-refractivity contribution in [1.29, 1.82) is 0 Å². The van der Waals surface area contributed by atoms with E-state index < -0.39 is 49.0 Å². The first-order chi connectivity index (χ1) is 11.3. The molecule has 1 saturated heterocycles. The van der Waals surface area contributed by atoms with Crippen LogP contribution in [0.15, 0.2) is 30.0 Å². The topological polar surface area (TPSA) is 137 Å². The van der Waals surface area contributed by atoms with Crippen molar-refractivity contribution in [1.82, 2.24) is 0 Å². The van der Waals surface area contributed by atoms with Crippen molar-refractivity contribution < 1.29 is 39.8 Å². The smallest absolute Gasteiger partial charge is 0.371 e. The van der Waals surface area contributed by atoms with Crippen molar-refractivity contribution in [2.75, 3.05) is 6.61 Å². The predicted octanol–water partition coefficient (Wildman–Crippen LogP) is -0.418. The molecule has 1 aliphatic rings. The third kappa shape index (κ3) is 4.23. The number of ether oxygens (including phenoxy) is 2. The van der Waals surface area contributed by atoms with Gasteiger partial charge in [-0.3, -0.25) is 0 Å². The molecular weight excluding hydrogens is 344 g/mol. The first-order valence-electron chi connectivity index (χ1n) is 7.01. The second kappa shape index (κ2) is 7.93. The van der Waals surface area contributed by atoms with Crippen LogP contribution in [0.2, 0.25) is 5.02 Å². The average molecular weight is 361 g/mol. The first kappa shape index (κ1) is 18.7. The second-order valence-corrected chi connectivity index (χ2v) is 5.62. The summed E-state index contributed by atoms with van der Waals surface area (Å²) >= 11 is 5.75. The Hall–Kier alpha value is -1.68. The van der Waals surface area contributed by atoms with Crippen LogP contribution >= 0.6 is 11.6 Å². The zero-order chi connectivity index (χ0) is 17.9. The molecule has 1 heterocycles. The summed E-state index contributed by atoms with van der Waals surface area (Å²) in [7, 11) is 0. The van der Waals surface area contributed by atoms with E-state index in [4.69, 9.17) is 26.2 Å². The number of carboxylic acid groups (broad SMARTS) is 1. The maximum Gasteiger partial charge on any atom is 0.371 e. The molecular formula is C15H17ClO8. The van der Waals surface area contributed by atoms with E-state index in [-0.39, 0.29) is 0 Å². The molecule has 0 aromatic heterocycles. The Balaban J connectivity index is 2.20. The highest BCUT2D eigenvalue weighted by molar-refractivity contribution is 6.30. The minimum atomic E-state index is -1.70. The summed E-state index contributed by atoms with van der Waals surface area (Å²) in [5, 5.41) is 48.1. The number of aliphatic carboxylic acids is 1. The Morgan fingerprint density at radius 1 is 1.17 bits per heavy atom. The fourth-order valence-corrected chi connectivity index (χ4v) is 2.27. The van der Waals surface area contributed by atoms with Crippen molar-refractivity contribution >= 4 is 23.6 Å². The van der Waals surface area contributed by atoms with Crippen LogP contribution in [0.25, 0.3) is 6.08 Å². The molecule has 8 nitrogen and oxygen atoms in total. The Morgan fingerprint density at radius 3 is 2.33 bits per heavy atom. The highest BCUT2D eigenvalue weighted by Crippen LogP contribution is 2.24. The van der Waals surface area contributed by atoms with Crippen molar-refractivity contribution in [3.8, 4) is 0 Å². The van der Waals surface area contributed by atoms with E-state index in [0.717, 1.165) is 0 Å². The van der Waals surface area contributed by atoms with Crippen LogP contribution in [-0.4, -0.2) is 68.8 Å². The fraction of sp³-hybridized carbons (Fsp3) is 0.400. The van der Waals surface area contributed by atoms with Gasteiger partial charge in [0.15, 0.2) is 0 Å². The molecule has 2 rings (SSSR count). The van der Waals surface area contributed by atoms with E-state index >= 15 is 0 Å². The molecule has 132 valence electrons. The van der Waals surface area contributed by atoms with Gasteiger partial charge in [0.05, 0.1) is 6.61 Å². The van der Waals surface area contributed by atoms with Gasteiger partial charge in [0.2, 0.25) is 12.0 Å². The van der Waals surface area contributed by atoms with Crippen LogP contribution in [0.3, 0.4) is 0 Å². The van der Waals surface area contributed by atoms with Gasteiger partial charge < -0.3 is 35.0 Å². The Labute approximate surface area is 142 Å². The molecule has 5 N–H and O–H groups in total. The van der Waals surface area contributed by atoms with Crippen molar-refractivity contribution in [3.05, 3.63) is 40.6 Å². The molecule has 5 atom stereocenters. The molecule has 0 bridgehead atoms. The standard InChI is InChI=1S/C15H17ClO8/c16-8-3-1-7(2-4-8)5-9(14(21)22)23-15-13(20)12(19)11(18)10(6-17)24-15/h1-5,10-13,15,17-20H,6H2,(H,21,22)/t10-,11-,12+,13-,15-/m0/s1. The maximum atomic E-state index is 11.3. The Morgan fingerprint density at radius 2 is 1.79 bits per heavy atom. The van der Waals surface area contributed by atoms with Crippen molar-refractivity contribution in [2.24, 2.45) is 0 Å². The van der Waals surface area contributed by atoms with E-state index in [1.807, 2.05) is 0 Å². The third-order valence-corrected chi connectivity index (χ3v) is 3.72. The third-order valence-electron chi connectivity index (χ3n) is 3.47. The normalized spacial score (nSPS) is 30.9. The lowest BCUT2D eigenvalue weighted by Crippen LogP contribution is -2.59. The highest BCUT2D eigenvalue weighted by Gasteiger charge is 2.45. The van der Waals surface area contributed by atoms with Gasteiger partial charge in [-0.2, -0.15) is 0 Å². The van der Waals surface area contributed by atoms with Crippen LogP contribution in [0.5, 0.6) is 0 Å². The van der Waals surface area contributed by atoms with E-state index in [0.29, 0.717) is 10.6 Å². The molecule has 1 aliphatic heterocycles. The summed E-state index contributed by atoms with van der Waals surface area (Å²) in [4.78, 5) is 11.3. The first-order valence-corrected chi connectivity index (χ1v) is 7.39. The van der Waals surface area contributed by atoms with E-state index in [9.17, 15) is 25.2 Å². The van der Waals surface area contributed by atoms with Crippen molar-refractivity contribution in [3.63, 3.8) is 0 Å². The molecule has 0 amide bonds. The highest BCUT2D eigenvalue weighted by atomic mass is 35.5. The quantitative estimate of drug-likeness (QED) is 0.353. The molecule has 9 heteroatoms. The number of carboxylic acids is 1. The maximum absolute atomic E-state index is 11.3. The number of carbonyl (C=O) groups is 1. The van der Waals surface area contributed by atoms with Gasteiger partial charge in [-0.25, -0.2) is 4.79 Å². The van der Waals surface area contributed by atoms with Gasteiger partial charge in [-0.1, -0.05) is 23.7 Å². The number of hydrogen-bond acceptors (Lipinski definition) is 7. The van der Waals surface area contributed by atoms with Gasteiger partial charge >= 0.3 is 5.97 Å². The van der Waals surface area contributed by atoms with Crippen LogP contribution in [0, 0.1) is 0 Å². The van der Waals surface area contributed by atoms with Gasteiger partial charge in [-0.15, -0.1) is 0 Å². The summed E-state index contributed by atoms with van der Waals surface area (Å²) < 4.78 is 10.2. The number of benzene rings is 1. The minimum Gasteiger partial charge on any atom is -0.475 e. The molecule has 0 spiro atoms. The second-order valence-electron chi connectivity index (χ2n) is 5.18. The number of aliphatic hydroxyl groups is 4. The van der Waals surface area contributed by atoms with Gasteiger partial charge in [0.1, 0.15) is 24.4 Å². The number of rotatable bonds is 5. The van der Waals surface area contributed by atoms with Crippen molar-refractivity contribution in [2.45, 2.75) is 30.7 Å². The molecule has 24 heavy (non-hydrogen) atoms. The molecule has 0 saturated carbocycles. The molecule has 0 radical (unpaired) electrons. The van der Waals surface area contributed by atoms with Crippen LogP contribution in [0.4, 0.5) is 0 Å². The van der Waals surface area contributed by atoms with Crippen LogP contribution in [0.1, 0.15) is 5.56 Å². The Kier molecular flexibility index (Phi) is 6.16. The molecule has 0 aliphatic carbocycles. The lowest BCUT2D eigenvalue weighted by atomic mass is 9.99. The largest absolute Gasteiger partial charge is 0.475 e. The molecule has 1 aromatic rings. The summed E-state index contributed by atoms with van der Waals surface area (Å²) in [6, 6.07) is 6.23. The Bertz CT molecular complexity index is 600. The molecule has 0 unspecified atom stereocenters. The number of halogens is 1. The lowest BCUT2D eigenvalue weighted by molar-refractivity contribution is -0.291. The zero-order valence-electron chi connectivity index (χ0n) is 12.3. The lowest BCUT2D eigenvalue weighted by Gasteiger charge is -2.39. The summed E-state index contributed by atoms with van der Waals surface area (Å²) in [6.07, 6.45) is -6.50. The SMILES string of the molecule is O=C(O)C(=Cc1ccc(Cl)cc1)O[C@H]1O[C@@H](CO)[C@H](O)[C@@H](O)[C@@H]1O. The zero-order valence-corrected chi connectivity index (χ0v) is 13.1. The summed E-state index contributed by atoms with van der Waals surface area (Å²) in [6.45, 7) is -0.645. The summed E-state index contributed by atoms with van der Waals surface area (Å²) in [5.41, 5.74) is 0.474. The van der Waals surface area contributed by atoms with Crippen LogP contribution in [-0.2, 0) is 14.3 Å². The predicted molar refractivity (Wildman–Crippen MR) is 81.9 cm³/mol. The minimum absolute atomic E-state index is 0.471. The van der Waals surface area contributed by atoms with Gasteiger partial charge in [-0.05, 0) is 23.8 Å². The van der Waals surface area contributed by atoms with E-state index in [1.54, 1.807) is 24.3 Å². The van der Waals surface area contributed by atoms with E-state index in [2.05, 4.69) is 0 Å².